The summed E-state index contributed by atoms with van der Waals surface area (Å²) in [5, 5.41) is 8.84. The van der Waals surface area contributed by atoms with Gasteiger partial charge < -0.3 is 4.48 Å². The van der Waals surface area contributed by atoms with E-state index in [4.69, 9.17) is 5.26 Å². The second-order valence-corrected chi connectivity index (χ2v) is 4.24. The second-order valence-electron chi connectivity index (χ2n) is 4.24. The lowest BCUT2D eigenvalue weighted by Gasteiger charge is -2.35. The van der Waals surface area contributed by atoms with Crippen LogP contribution in [0.1, 0.15) is 39.0 Å². The highest BCUT2D eigenvalue weighted by Crippen LogP contribution is 2.18. The maximum atomic E-state index is 8.84. The molecule has 1 rings (SSSR count). The van der Waals surface area contributed by atoms with Crippen LogP contribution in [0.5, 0.6) is 0 Å². The molecule has 0 unspecified atom stereocenters. The third-order valence-corrected chi connectivity index (χ3v) is 3.12. The molecule has 0 radical (unpaired) electrons. The largest absolute Gasteiger partial charge is 0.312 e. The van der Waals surface area contributed by atoms with Crippen LogP contribution in [0.4, 0.5) is 0 Å². The Kier molecular flexibility index (Phi) is 4.24. The summed E-state index contributed by atoms with van der Waals surface area (Å²) in [6.07, 6.45) is 6.59. The molecule has 0 N–H and O–H groups in total. The summed E-state index contributed by atoms with van der Waals surface area (Å²) in [5.41, 5.74) is 0. The quantitative estimate of drug-likeness (QED) is 0.484. The molecule has 2 nitrogen and oxygen atoms in total. The van der Waals surface area contributed by atoms with Crippen LogP contribution < -0.4 is 0 Å². The Morgan fingerprint density at radius 3 is 2.23 bits per heavy atom. The lowest BCUT2D eigenvalue weighted by atomic mass is 10.2. The molecule has 0 spiro atoms. The number of nitriles is 1. The maximum Gasteiger partial charge on any atom is 0.166 e. The van der Waals surface area contributed by atoms with Gasteiger partial charge in [-0.1, -0.05) is 6.92 Å². The lowest BCUT2D eigenvalue weighted by molar-refractivity contribution is -0.921. The van der Waals surface area contributed by atoms with E-state index in [9.17, 15) is 0 Å². The van der Waals surface area contributed by atoms with Crippen molar-refractivity contribution in [1.29, 1.82) is 5.26 Å². The Balaban J connectivity index is 2.57. The Bertz CT molecular complexity index is 173. The number of hydrogen-bond donors (Lipinski definition) is 0. The van der Waals surface area contributed by atoms with Crippen molar-refractivity contribution in [2.75, 3.05) is 26.2 Å². The van der Waals surface area contributed by atoms with Crippen LogP contribution in [-0.4, -0.2) is 30.7 Å². The zero-order valence-electron chi connectivity index (χ0n) is 8.76. The molecular weight excluding hydrogens is 160 g/mol. The third-order valence-electron chi connectivity index (χ3n) is 3.12. The fourth-order valence-electron chi connectivity index (χ4n) is 2.44. The highest BCUT2D eigenvalue weighted by molar-refractivity contribution is 4.70. The molecule has 74 valence electrons. The van der Waals surface area contributed by atoms with E-state index >= 15 is 0 Å². The van der Waals surface area contributed by atoms with Gasteiger partial charge in [0.2, 0.25) is 0 Å². The van der Waals surface area contributed by atoms with Gasteiger partial charge in [0.1, 0.15) is 6.07 Å². The first kappa shape index (κ1) is 10.5. The van der Waals surface area contributed by atoms with Crippen LogP contribution in [0, 0.1) is 11.3 Å². The van der Waals surface area contributed by atoms with E-state index in [0.29, 0.717) is 0 Å². The van der Waals surface area contributed by atoms with Crippen molar-refractivity contribution >= 4 is 0 Å². The molecule has 0 aromatic carbocycles. The molecule has 0 bridgehead atoms. The monoisotopic (exact) mass is 181 g/mol. The molecule has 1 heterocycles. The van der Waals surface area contributed by atoms with E-state index in [0.717, 1.165) is 11.0 Å². The zero-order chi connectivity index (χ0) is 9.57. The first-order chi connectivity index (χ1) is 6.33. The van der Waals surface area contributed by atoms with Crippen LogP contribution in [0.3, 0.4) is 0 Å². The fourth-order valence-corrected chi connectivity index (χ4v) is 2.44. The minimum Gasteiger partial charge on any atom is -0.312 e. The van der Waals surface area contributed by atoms with E-state index in [1.807, 2.05) is 0 Å². The van der Waals surface area contributed by atoms with E-state index in [1.54, 1.807) is 0 Å². The van der Waals surface area contributed by atoms with Crippen LogP contribution in [0.25, 0.3) is 0 Å². The highest BCUT2D eigenvalue weighted by Gasteiger charge is 2.26. The van der Waals surface area contributed by atoms with Gasteiger partial charge in [-0.2, -0.15) is 5.26 Å². The smallest absolute Gasteiger partial charge is 0.166 e. The van der Waals surface area contributed by atoms with Crippen molar-refractivity contribution < 1.29 is 4.48 Å². The van der Waals surface area contributed by atoms with Gasteiger partial charge in [0.05, 0.1) is 19.6 Å². The molecule has 0 amide bonds. The van der Waals surface area contributed by atoms with Gasteiger partial charge in [-0.15, -0.1) is 0 Å². The van der Waals surface area contributed by atoms with Crippen molar-refractivity contribution in [2.45, 2.75) is 39.0 Å². The predicted octanol–water partition coefficient (Wildman–Crippen LogP) is 2.31. The normalized spacial score (nSPS) is 21.8. The molecule has 0 aromatic rings. The van der Waals surface area contributed by atoms with Crippen molar-refractivity contribution in [2.24, 2.45) is 0 Å². The van der Waals surface area contributed by atoms with Gasteiger partial charge >= 0.3 is 0 Å². The molecule has 1 saturated heterocycles. The topological polar surface area (TPSA) is 23.8 Å². The van der Waals surface area contributed by atoms with E-state index in [1.165, 1.54) is 51.7 Å². The predicted molar refractivity (Wildman–Crippen MR) is 54.1 cm³/mol. The first-order valence-electron chi connectivity index (χ1n) is 5.55. The number of rotatable bonds is 3. The van der Waals surface area contributed by atoms with Gasteiger partial charge in [-0.05, 0) is 32.1 Å². The summed E-state index contributed by atoms with van der Waals surface area (Å²) in [4.78, 5) is 0. The molecule has 1 aliphatic heterocycles. The van der Waals surface area contributed by atoms with Crippen LogP contribution >= 0.6 is 0 Å². The lowest BCUT2D eigenvalue weighted by Crippen LogP contribution is -2.49. The number of nitrogens with zero attached hydrogens (tertiary/aromatic N) is 2. The minimum atomic E-state index is 0.730. The molecule has 0 aromatic heterocycles. The summed E-state index contributed by atoms with van der Waals surface area (Å²) in [7, 11) is 0. The average Bonchev–Trinajstić information content (AvgIpc) is 2.32. The molecule has 2 heteroatoms. The SMILES string of the molecule is CCC[N+]1(CC#N)CCCCCC1. The molecule has 1 fully saturated rings. The summed E-state index contributed by atoms with van der Waals surface area (Å²) in [6.45, 7) is 6.63. The highest BCUT2D eigenvalue weighted by atomic mass is 15.3. The fraction of sp³-hybridized carbons (Fsp3) is 0.909. The maximum absolute atomic E-state index is 8.84. The van der Waals surface area contributed by atoms with Gasteiger partial charge in [-0.3, -0.25) is 0 Å². The van der Waals surface area contributed by atoms with Gasteiger partial charge in [0.25, 0.3) is 0 Å². The number of quaternary nitrogens is 1. The van der Waals surface area contributed by atoms with Crippen LogP contribution in [-0.2, 0) is 0 Å². The molecular formula is C11H21N2+. The van der Waals surface area contributed by atoms with Crippen molar-refractivity contribution in [1.82, 2.24) is 0 Å². The van der Waals surface area contributed by atoms with Gasteiger partial charge in [0, 0.05) is 0 Å². The van der Waals surface area contributed by atoms with Crippen LogP contribution in [0.2, 0.25) is 0 Å². The van der Waals surface area contributed by atoms with E-state index < -0.39 is 0 Å². The third kappa shape index (κ3) is 3.00. The van der Waals surface area contributed by atoms with Crippen molar-refractivity contribution in [3.8, 4) is 6.07 Å². The molecule has 0 aliphatic carbocycles. The Hall–Kier alpha value is -0.550. The van der Waals surface area contributed by atoms with Gasteiger partial charge in [-0.25, -0.2) is 0 Å². The summed E-state index contributed by atoms with van der Waals surface area (Å²) < 4.78 is 1.08. The Morgan fingerprint density at radius 2 is 1.77 bits per heavy atom. The van der Waals surface area contributed by atoms with E-state index in [-0.39, 0.29) is 0 Å². The van der Waals surface area contributed by atoms with E-state index in [2.05, 4.69) is 13.0 Å². The Labute approximate surface area is 81.7 Å². The minimum absolute atomic E-state index is 0.730. The molecule has 0 atom stereocenters. The first-order valence-corrected chi connectivity index (χ1v) is 5.55. The zero-order valence-corrected chi connectivity index (χ0v) is 8.76. The standard InChI is InChI=1S/C11H21N2/c1-2-8-13(11-7-12)9-5-3-4-6-10-13/h2-6,8-11H2,1H3/q+1. The number of hydrogen-bond acceptors (Lipinski definition) is 1. The Morgan fingerprint density at radius 1 is 1.15 bits per heavy atom. The summed E-state index contributed by atoms with van der Waals surface area (Å²) in [6, 6.07) is 2.36. The van der Waals surface area contributed by atoms with Crippen molar-refractivity contribution in [3.63, 3.8) is 0 Å². The van der Waals surface area contributed by atoms with Crippen molar-refractivity contribution in [3.05, 3.63) is 0 Å². The van der Waals surface area contributed by atoms with Crippen LogP contribution in [0.15, 0.2) is 0 Å². The van der Waals surface area contributed by atoms with Gasteiger partial charge in [0.15, 0.2) is 6.54 Å². The molecule has 1 aliphatic rings. The second kappa shape index (κ2) is 5.24. The average molecular weight is 181 g/mol. The molecule has 13 heavy (non-hydrogen) atoms. The molecule has 0 saturated carbocycles. The summed E-state index contributed by atoms with van der Waals surface area (Å²) >= 11 is 0. The summed E-state index contributed by atoms with van der Waals surface area (Å²) in [5.74, 6) is 0. The number of likely N-dealkylation sites (tertiary alicyclic amines) is 1.